The number of allylic oxidation sites excluding steroid dienone is 2. The molecule has 0 nitrogen and oxygen atoms in total. The summed E-state index contributed by atoms with van der Waals surface area (Å²) in [6, 6.07) is 18.4. The Kier molecular flexibility index (Phi) is 8.01. The Hall–Kier alpha value is -2.85. The van der Waals surface area contributed by atoms with Crippen molar-refractivity contribution < 1.29 is 4.39 Å². The molecule has 1 saturated carbocycles. The molecule has 4 rings (SSSR count). The molecular formula is C32H35F. The quantitative estimate of drug-likeness (QED) is 0.267. The molecule has 3 aromatic carbocycles. The van der Waals surface area contributed by atoms with E-state index in [1.165, 1.54) is 44.1 Å². The summed E-state index contributed by atoms with van der Waals surface area (Å²) in [5, 5.41) is 1.58. The molecule has 0 aromatic heterocycles. The number of fused-ring (bicyclic) bond motifs is 1. The van der Waals surface area contributed by atoms with Crippen LogP contribution in [-0.2, 0) is 12.8 Å². The second-order valence-corrected chi connectivity index (χ2v) is 9.69. The third-order valence-corrected chi connectivity index (χ3v) is 7.13. The molecule has 1 fully saturated rings. The van der Waals surface area contributed by atoms with E-state index in [1.54, 1.807) is 0 Å². The molecule has 33 heavy (non-hydrogen) atoms. The van der Waals surface area contributed by atoms with Gasteiger partial charge in [0, 0.05) is 16.5 Å². The van der Waals surface area contributed by atoms with Crippen molar-refractivity contribution in [2.45, 2.75) is 65.2 Å². The molecule has 0 N–H and O–H groups in total. The highest BCUT2D eigenvalue weighted by Gasteiger charge is 2.17. The SMILES string of the molecule is C/C=C/CCc1ccc2cc(C#Cc3ccc(CCC4CCC(C)CC4)cc3)ccc2c1F. The zero-order valence-electron chi connectivity index (χ0n) is 20.0. The van der Waals surface area contributed by atoms with Gasteiger partial charge < -0.3 is 0 Å². The van der Waals surface area contributed by atoms with Gasteiger partial charge in [-0.05, 0) is 85.2 Å². The van der Waals surface area contributed by atoms with Gasteiger partial charge >= 0.3 is 0 Å². The lowest BCUT2D eigenvalue weighted by atomic mass is 9.80. The Labute approximate surface area is 198 Å². The molecule has 1 aliphatic rings. The summed E-state index contributed by atoms with van der Waals surface area (Å²) in [6.45, 7) is 4.38. The van der Waals surface area contributed by atoms with Gasteiger partial charge in [0.05, 0.1) is 0 Å². The van der Waals surface area contributed by atoms with Crippen LogP contribution in [0.3, 0.4) is 0 Å². The Morgan fingerprint density at radius 1 is 0.879 bits per heavy atom. The van der Waals surface area contributed by atoms with E-state index in [0.29, 0.717) is 5.39 Å². The third-order valence-electron chi connectivity index (χ3n) is 7.13. The first-order valence-corrected chi connectivity index (χ1v) is 12.6. The average molecular weight is 439 g/mol. The van der Waals surface area contributed by atoms with Crippen LogP contribution in [0.2, 0.25) is 0 Å². The molecule has 0 bridgehead atoms. The molecule has 0 amide bonds. The first kappa shape index (κ1) is 23.3. The topological polar surface area (TPSA) is 0 Å². The van der Waals surface area contributed by atoms with Crippen LogP contribution >= 0.6 is 0 Å². The number of hydrogen-bond donors (Lipinski definition) is 0. The van der Waals surface area contributed by atoms with Gasteiger partial charge in [0.15, 0.2) is 0 Å². The lowest BCUT2D eigenvalue weighted by Gasteiger charge is -2.26. The average Bonchev–Trinajstić information content (AvgIpc) is 2.84. The molecule has 0 atom stereocenters. The Bertz CT molecular complexity index is 1150. The largest absolute Gasteiger partial charge is 0.206 e. The van der Waals surface area contributed by atoms with Crippen molar-refractivity contribution in [3.8, 4) is 11.8 Å². The number of hydrogen-bond acceptors (Lipinski definition) is 0. The summed E-state index contributed by atoms with van der Waals surface area (Å²) < 4.78 is 14.9. The number of halogens is 1. The molecule has 0 saturated heterocycles. The van der Waals surface area contributed by atoms with Crippen LogP contribution in [0.1, 0.15) is 74.6 Å². The summed E-state index contributed by atoms with van der Waals surface area (Å²) in [5.74, 6) is 8.25. The highest BCUT2D eigenvalue weighted by atomic mass is 19.1. The lowest BCUT2D eigenvalue weighted by molar-refractivity contribution is 0.278. The minimum atomic E-state index is -0.102. The number of aryl methyl sites for hydroxylation is 2. The van der Waals surface area contributed by atoms with Crippen LogP contribution in [0.5, 0.6) is 0 Å². The van der Waals surface area contributed by atoms with Crippen LogP contribution in [-0.4, -0.2) is 0 Å². The smallest absolute Gasteiger partial charge is 0.134 e. The molecule has 0 unspecified atom stereocenters. The first-order valence-electron chi connectivity index (χ1n) is 12.6. The van der Waals surface area contributed by atoms with Gasteiger partial charge in [-0.2, -0.15) is 0 Å². The molecule has 3 aromatic rings. The molecule has 0 aliphatic heterocycles. The van der Waals surface area contributed by atoms with E-state index in [1.807, 2.05) is 43.3 Å². The van der Waals surface area contributed by atoms with Gasteiger partial charge in [-0.25, -0.2) is 4.39 Å². The number of rotatable bonds is 6. The second kappa shape index (κ2) is 11.3. The maximum absolute atomic E-state index is 14.9. The summed E-state index contributed by atoms with van der Waals surface area (Å²) >= 11 is 0. The summed E-state index contributed by atoms with van der Waals surface area (Å²) in [4.78, 5) is 0. The molecule has 0 spiro atoms. The molecule has 1 heteroatoms. The zero-order valence-corrected chi connectivity index (χ0v) is 20.0. The summed E-state index contributed by atoms with van der Waals surface area (Å²) in [7, 11) is 0. The van der Waals surface area contributed by atoms with E-state index < -0.39 is 0 Å². The lowest BCUT2D eigenvalue weighted by Crippen LogP contribution is -2.12. The predicted molar refractivity (Wildman–Crippen MR) is 139 cm³/mol. The van der Waals surface area contributed by atoms with Crippen LogP contribution in [0.15, 0.2) is 66.7 Å². The van der Waals surface area contributed by atoms with Gasteiger partial charge in [0.1, 0.15) is 5.82 Å². The molecule has 170 valence electrons. The van der Waals surface area contributed by atoms with Crippen molar-refractivity contribution in [2.24, 2.45) is 11.8 Å². The third kappa shape index (κ3) is 6.35. The van der Waals surface area contributed by atoms with Crippen molar-refractivity contribution in [2.75, 3.05) is 0 Å². The number of benzene rings is 3. The van der Waals surface area contributed by atoms with Gasteiger partial charge in [-0.1, -0.05) is 86.9 Å². The van der Waals surface area contributed by atoms with Gasteiger partial charge in [-0.3, -0.25) is 0 Å². The van der Waals surface area contributed by atoms with Crippen molar-refractivity contribution in [3.63, 3.8) is 0 Å². The minimum absolute atomic E-state index is 0.102. The fourth-order valence-electron chi connectivity index (χ4n) is 4.90. The van der Waals surface area contributed by atoms with Crippen molar-refractivity contribution in [1.82, 2.24) is 0 Å². The molecule has 1 aliphatic carbocycles. The van der Waals surface area contributed by atoms with Crippen LogP contribution in [0, 0.1) is 29.5 Å². The van der Waals surface area contributed by atoms with Gasteiger partial charge in [-0.15, -0.1) is 0 Å². The fraction of sp³-hybridized carbons (Fsp3) is 0.375. The summed E-state index contributed by atoms with van der Waals surface area (Å²) in [5.41, 5.74) is 4.12. The Morgan fingerprint density at radius 2 is 1.61 bits per heavy atom. The van der Waals surface area contributed by atoms with Crippen molar-refractivity contribution in [1.29, 1.82) is 0 Å². The highest BCUT2D eigenvalue weighted by molar-refractivity contribution is 5.85. The van der Waals surface area contributed by atoms with Gasteiger partial charge in [0.25, 0.3) is 0 Å². The minimum Gasteiger partial charge on any atom is -0.206 e. The van der Waals surface area contributed by atoms with Crippen LogP contribution < -0.4 is 0 Å². The maximum atomic E-state index is 14.9. The standard InChI is InChI=1S/C32H35F/c1-3-4-5-6-29-20-21-30-23-28(19-22-31(30)32(29)33)18-17-27-15-13-26(14-16-27)12-11-25-9-7-24(2)8-10-25/h3-4,13-16,19-25H,5-12H2,1-2H3/b4-3+. The van der Waals surface area contributed by atoms with E-state index in [-0.39, 0.29) is 5.82 Å². The van der Waals surface area contributed by atoms with Gasteiger partial charge in [0.2, 0.25) is 0 Å². The highest BCUT2D eigenvalue weighted by Crippen LogP contribution is 2.31. The summed E-state index contributed by atoms with van der Waals surface area (Å²) in [6.07, 6.45) is 13.8. The fourth-order valence-corrected chi connectivity index (χ4v) is 4.90. The maximum Gasteiger partial charge on any atom is 0.134 e. The van der Waals surface area contributed by atoms with E-state index in [2.05, 4.69) is 49.1 Å². The normalized spacial score (nSPS) is 18.4. The Balaban J connectivity index is 1.38. The van der Waals surface area contributed by atoms with Crippen molar-refractivity contribution >= 4 is 10.8 Å². The van der Waals surface area contributed by atoms with Crippen LogP contribution in [0.4, 0.5) is 4.39 Å². The van der Waals surface area contributed by atoms with E-state index >= 15 is 0 Å². The van der Waals surface area contributed by atoms with E-state index in [9.17, 15) is 4.39 Å². The molecular weight excluding hydrogens is 403 g/mol. The van der Waals surface area contributed by atoms with Crippen LogP contribution in [0.25, 0.3) is 10.8 Å². The molecule has 0 radical (unpaired) electrons. The zero-order chi connectivity index (χ0) is 23.0. The first-order chi connectivity index (χ1) is 16.1. The van der Waals surface area contributed by atoms with E-state index in [0.717, 1.165) is 46.8 Å². The monoisotopic (exact) mass is 438 g/mol. The van der Waals surface area contributed by atoms with E-state index in [4.69, 9.17) is 0 Å². The Morgan fingerprint density at radius 3 is 2.36 bits per heavy atom. The predicted octanol–water partition coefficient (Wildman–Crippen LogP) is 8.65. The molecule has 0 heterocycles. The second-order valence-electron chi connectivity index (χ2n) is 9.69. The van der Waals surface area contributed by atoms with Crippen molar-refractivity contribution in [3.05, 3.63) is 94.8 Å².